The Morgan fingerprint density at radius 3 is 2.89 bits per heavy atom. The summed E-state index contributed by atoms with van der Waals surface area (Å²) in [4.78, 5) is 9.77. The van der Waals surface area contributed by atoms with E-state index in [4.69, 9.17) is 21.7 Å². The summed E-state index contributed by atoms with van der Waals surface area (Å²) in [6.07, 6.45) is 1.86. The molecule has 0 aliphatic carbocycles. The van der Waals surface area contributed by atoms with Crippen LogP contribution in [-0.4, -0.2) is 24.2 Å². The second-order valence-electron chi connectivity index (χ2n) is 3.83. The molecule has 0 saturated heterocycles. The van der Waals surface area contributed by atoms with Crippen molar-refractivity contribution in [3.8, 4) is 6.19 Å². The molecule has 6 heteroatoms. The molecule has 1 heterocycles. The number of rotatable bonds is 2. The third kappa shape index (κ3) is 2.73. The largest absolute Gasteiger partial charge is 0.268 e. The average Bonchev–Trinajstić information content (AvgIpc) is 2.40. The Balaban J connectivity index is 2.19. The van der Waals surface area contributed by atoms with Gasteiger partial charge in [-0.1, -0.05) is 23.7 Å². The monoisotopic (exact) mass is 264 g/mol. The summed E-state index contributed by atoms with van der Waals surface area (Å²) in [5, 5.41) is 13.5. The number of nitriles is 1. The van der Waals surface area contributed by atoms with E-state index in [1.165, 1.54) is 0 Å². The van der Waals surface area contributed by atoms with Crippen molar-refractivity contribution in [2.45, 2.75) is 13.0 Å². The van der Waals surface area contributed by atoms with Crippen LogP contribution in [0.1, 0.15) is 18.5 Å². The molecular weight excluding hydrogens is 252 g/mol. The zero-order chi connectivity index (χ0) is 13.0. The average molecular weight is 265 g/mol. The lowest BCUT2D eigenvalue weighted by Crippen LogP contribution is -2.44. The number of hydrogen-bond donors (Lipinski definition) is 1. The first kappa shape index (κ1) is 12.7. The van der Waals surface area contributed by atoms with Crippen LogP contribution >= 0.6 is 11.6 Å². The normalized spacial score (nSPS) is 16.7. The number of benzene rings is 1. The topological polar surface area (TPSA) is 60.6 Å². The number of hydrogen-bond acceptors (Lipinski definition) is 5. The number of aliphatic imine (C=N–C) groups is 1. The SMILES string of the molecule is CC(c1ccc(Cl)cc1)N1OCCN=C1NC#N. The van der Waals surface area contributed by atoms with E-state index in [0.29, 0.717) is 24.1 Å². The minimum Gasteiger partial charge on any atom is -0.268 e. The summed E-state index contributed by atoms with van der Waals surface area (Å²) < 4.78 is 0. The second kappa shape index (κ2) is 5.71. The van der Waals surface area contributed by atoms with E-state index in [0.717, 1.165) is 5.56 Å². The van der Waals surface area contributed by atoms with Crippen LogP contribution in [0.25, 0.3) is 0 Å². The predicted molar refractivity (Wildman–Crippen MR) is 68.7 cm³/mol. The molecule has 0 spiro atoms. The molecule has 0 amide bonds. The van der Waals surface area contributed by atoms with Gasteiger partial charge in [-0.15, -0.1) is 0 Å². The molecule has 0 fully saturated rings. The van der Waals surface area contributed by atoms with E-state index in [9.17, 15) is 0 Å². The third-order valence-corrected chi connectivity index (χ3v) is 2.92. The van der Waals surface area contributed by atoms with E-state index in [-0.39, 0.29) is 6.04 Å². The Bertz CT molecular complexity index is 480. The van der Waals surface area contributed by atoms with Gasteiger partial charge in [0.05, 0.1) is 19.2 Å². The van der Waals surface area contributed by atoms with Gasteiger partial charge in [0.15, 0.2) is 6.19 Å². The zero-order valence-corrected chi connectivity index (χ0v) is 10.7. The molecule has 1 aromatic rings. The van der Waals surface area contributed by atoms with E-state index in [2.05, 4.69) is 10.3 Å². The third-order valence-electron chi connectivity index (χ3n) is 2.66. The molecular formula is C12H13ClN4O. The first-order valence-electron chi connectivity index (χ1n) is 5.59. The van der Waals surface area contributed by atoms with Gasteiger partial charge in [0.25, 0.3) is 0 Å². The smallest absolute Gasteiger partial charge is 0.232 e. The second-order valence-corrected chi connectivity index (χ2v) is 4.27. The van der Waals surface area contributed by atoms with Gasteiger partial charge in [0.1, 0.15) is 0 Å². The first-order chi connectivity index (χ1) is 8.72. The van der Waals surface area contributed by atoms with Gasteiger partial charge in [0, 0.05) is 5.02 Å². The van der Waals surface area contributed by atoms with Crippen LogP contribution in [-0.2, 0) is 4.84 Å². The number of hydroxylamine groups is 2. The molecule has 5 nitrogen and oxygen atoms in total. The number of nitrogens with one attached hydrogen (secondary N) is 1. The van der Waals surface area contributed by atoms with Crippen LogP contribution < -0.4 is 5.32 Å². The van der Waals surface area contributed by atoms with Gasteiger partial charge < -0.3 is 0 Å². The van der Waals surface area contributed by atoms with Crippen molar-refractivity contribution in [2.24, 2.45) is 4.99 Å². The molecule has 1 aliphatic rings. The lowest BCUT2D eigenvalue weighted by Gasteiger charge is -2.32. The van der Waals surface area contributed by atoms with Crippen LogP contribution in [0.5, 0.6) is 0 Å². The van der Waals surface area contributed by atoms with Gasteiger partial charge in [-0.25, -0.2) is 10.1 Å². The van der Waals surface area contributed by atoms with Crippen molar-refractivity contribution in [2.75, 3.05) is 13.2 Å². The van der Waals surface area contributed by atoms with Gasteiger partial charge in [-0.05, 0) is 24.6 Å². The number of halogens is 1. The van der Waals surface area contributed by atoms with Crippen LogP contribution in [0.3, 0.4) is 0 Å². The summed E-state index contributed by atoms with van der Waals surface area (Å²) in [5.74, 6) is 0.436. The standard InChI is InChI=1S/C12H13ClN4O/c1-9(10-2-4-11(13)5-3-10)17-12(16-8-14)15-6-7-18-17/h2-5,9H,6-7H2,1H3,(H,15,16). The highest BCUT2D eigenvalue weighted by molar-refractivity contribution is 6.30. The summed E-state index contributed by atoms with van der Waals surface area (Å²) in [7, 11) is 0. The minimum absolute atomic E-state index is 0.0535. The number of nitrogens with zero attached hydrogens (tertiary/aromatic N) is 3. The minimum atomic E-state index is -0.0535. The molecule has 18 heavy (non-hydrogen) atoms. The molecule has 1 aromatic carbocycles. The highest BCUT2D eigenvalue weighted by atomic mass is 35.5. The fourth-order valence-corrected chi connectivity index (χ4v) is 1.86. The Morgan fingerprint density at radius 2 is 2.22 bits per heavy atom. The van der Waals surface area contributed by atoms with E-state index >= 15 is 0 Å². The summed E-state index contributed by atoms with van der Waals surface area (Å²) in [5.41, 5.74) is 1.04. The van der Waals surface area contributed by atoms with Crippen molar-refractivity contribution in [3.63, 3.8) is 0 Å². The molecule has 2 rings (SSSR count). The first-order valence-corrected chi connectivity index (χ1v) is 5.97. The lowest BCUT2D eigenvalue weighted by atomic mass is 10.1. The van der Waals surface area contributed by atoms with Crippen molar-refractivity contribution in [3.05, 3.63) is 34.9 Å². The molecule has 1 unspecified atom stereocenters. The Hall–Kier alpha value is -1.77. The molecule has 1 atom stereocenters. The maximum Gasteiger partial charge on any atom is 0.232 e. The molecule has 1 N–H and O–H groups in total. The Morgan fingerprint density at radius 1 is 1.50 bits per heavy atom. The maximum absolute atomic E-state index is 8.68. The van der Waals surface area contributed by atoms with E-state index < -0.39 is 0 Å². The fraction of sp³-hybridized carbons (Fsp3) is 0.333. The molecule has 0 saturated carbocycles. The van der Waals surface area contributed by atoms with E-state index in [1.807, 2.05) is 37.4 Å². The maximum atomic E-state index is 8.68. The molecule has 0 radical (unpaired) electrons. The van der Waals surface area contributed by atoms with Crippen LogP contribution in [0.4, 0.5) is 0 Å². The van der Waals surface area contributed by atoms with Crippen LogP contribution in [0.15, 0.2) is 29.3 Å². The Kier molecular flexibility index (Phi) is 4.03. The fourth-order valence-electron chi connectivity index (χ4n) is 1.74. The number of guanidine groups is 1. The highest BCUT2D eigenvalue weighted by Crippen LogP contribution is 2.23. The lowest BCUT2D eigenvalue weighted by molar-refractivity contribution is -0.132. The van der Waals surface area contributed by atoms with Crippen molar-refractivity contribution >= 4 is 17.6 Å². The summed E-state index contributed by atoms with van der Waals surface area (Å²) in [6.45, 7) is 3.03. The zero-order valence-electron chi connectivity index (χ0n) is 9.93. The summed E-state index contributed by atoms with van der Waals surface area (Å²) in [6, 6.07) is 7.45. The van der Waals surface area contributed by atoms with Gasteiger partial charge in [0.2, 0.25) is 5.96 Å². The molecule has 0 bridgehead atoms. The Labute approximate surface area is 111 Å². The summed E-state index contributed by atoms with van der Waals surface area (Å²) >= 11 is 5.86. The molecule has 94 valence electrons. The quantitative estimate of drug-likeness (QED) is 0.656. The van der Waals surface area contributed by atoms with Crippen LogP contribution in [0, 0.1) is 11.5 Å². The highest BCUT2D eigenvalue weighted by Gasteiger charge is 2.23. The van der Waals surface area contributed by atoms with Crippen molar-refractivity contribution < 1.29 is 4.84 Å². The van der Waals surface area contributed by atoms with Crippen LogP contribution in [0.2, 0.25) is 5.02 Å². The predicted octanol–water partition coefficient (Wildman–Crippen LogP) is 2.07. The molecule has 0 aromatic heterocycles. The van der Waals surface area contributed by atoms with Crippen molar-refractivity contribution in [1.29, 1.82) is 5.26 Å². The van der Waals surface area contributed by atoms with Crippen molar-refractivity contribution in [1.82, 2.24) is 10.4 Å². The molecule has 1 aliphatic heterocycles. The van der Waals surface area contributed by atoms with Gasteiger partial charge in [-0.2, -0.15) is 5.26 Å². The van der Waals surface area contributed by atoms with Gasteiger partial charge in [-0.3, -0.25) is 10.2 Å². The van der Waals surface area contributed by atoms with Gasteiger partial charge >= 0.3 is 0 Å². The van der Waals surface area contributed by atoms with E-state index in [1.54, 1.807) is 5.06 Å².